The summed E-state index contributed by atoms with van der Waals surface area (Å²) in [4.78, 5) is 16.0. The zero-order chi connectivity index (χ0) is 14.7. The monoisotopic (exact) mass is 282 g/mol. The van der Waals surface area contributed by atoms with Crippen LogP contribution in [0.2, 0.25) is 0 Å². The maximum atomic E-state index is 13.6. The van der Waals surface area contributed by atoms with E-state index in [0.29, 0.717) is 19.0 Å². The SMILES string of the molecule is CN(C)CC1CCN(C(=O)c2cccc(F)c2F)CC1. The second-order valence-corrected chi connectivity index (χ2v) is 5.60. The molecule has 1 amide bonds. The van der Waals surface area contributed by atoms with Crippen molar-refractivity contribution >= 4 is 5.91 Å². The summed E-state index contributed by atoms with van der Waals surface area (Å²) < 4.78 is 26.8. The topological polar surface area (TPSA) is 23.6 Å². The van der Waals surface area contributed by atoms with E-state index in [0.717, 1.165) is 25.5 Å². The molecule has 3 nitrogen and oxygen atoms in total. The fraction of sp³-hybridized carbons (Fsp3) is 0.533. The lowest BCUT2D eigenvalue weighted by molar-refractivity contribution is 0.0672. The third-order valence-corrected chi connectivity index (χ3v) is 3.71. The van der Waals surface area contributed by atoms with Gasteiger partial charge in [-0.05, 0) is 45.0 Å². The molecule has 0 unspecified atom stereocenters. The summed E-state index contributed by atoms with van der Waals surface area (Å²) in [5, 5.41) is 0. The van der Waals surface area contributed by atoms with Gasteiger partial charge < -0.3 is 9.80 Å². The molecule has 20 heavy (non-hydrogen) atoms. The largest absolute Gasteiger partial charge is 0.339 e. The first-order valence-corrected chi connectivity index (χ1v) is 6.87. The highest BCUT2D eigenvalue weighted by Gasteiger charge is 2.26. The predicted octanol–water partition coefficient (Wildman–Crippen LogP) is 2.38. The summed E-state index contributed by atoms with van der Waals surface area (Å²) >= 11 is 0. The van der Waals surface area contributed by atoms with E-state index >= 15 is 0 Å². The summed E-state index contributed by atoms with van der Waals surface area (Å²) in [6.45, 7) is 2.21. The molecule has 1 aliphatic heterocycles. The Bertz CT molecular complexity index is 483. The van der Waals surface area contributed by atoms with Crippen molar-refractivity contribution in [1.82, 2.24) is 9.80 Å². The average Bonchev–Trinajstić information content (AvgIpc) is 2.41. The maximum absolute atomic E-state index is 13.6. The van der Waals surface area contributed by atoms with Crippen molar-refractivity contribution in [3.05, 3.63) is 35.4 Å². The Morgan fingerprint density at radius 2 is 1.95 bits per heavy atom. The van der Waals surface area contributed by atoms with Gasteiger partial charge in [0.15, 0.2) is 11.6 Å². The van der Waals surface area contributed by atoms with E-state index in [1.54, 1.807) is 4.90 Å². The van der Waals surface area contributed by atoms with Crippen molar-refractivity contribution in [2.75, 3.05) is 33.7 Å². The van der Waals surface area contributed by atoms with E-state index in [2.05, 4.69) is 4.90 Å². The van der Waals surface area contributed by atoms with Crippen LogP contribution in [0.1, 0.15) is 23.2 Å². The van der Waals surface area contributed by atoms with Gasteiger partial charge in [0, 0.05) is 19.6 Å². The minimum atomic E-state index is -1.05. The number of nitrogens with zero attached hydrogens (tertiary/aromatic N) is 2. The molecule has 0 saturated carbocycles. The van der Waals surface area contributed by atoms with Crippen LogP contribution in [-0.4, -0.2) is 49.4 Å². The Morgan fingerprint density at radius 1 is 1.30 bits per heavy atom. The van der Waals surface area contributed by atoms with E-state index in [-0.39, 0.29) is 5.56 Å². The van der Waals surface area contributed by atoms with Gasteiger partial charge in [-0.25, -0.2) is 8.78 Å². The van der Waals surface area contributed by atoms with Crippen LogP contribution in [0.5, 0.6) is 0 Å². The van der Waals surface area contributed by atoms with Crippen molar-refractivity contribution in [1.29, 1.82) is 0 Å². The molecule has 0 N–H and O–H groups in total. The Morgan fingerprint density at radius 3 is 2.55 bits per heavy atom. The molecule has 0 bridgehead atoms. The number of amides is 1. The van der Waals surface area contributed by atoms with Gasteiger partial charge in [-0.1, -0.05) is 6.07 Å². The molecule has 0 aromatic heterocycles. The van der Waals surface area contributed by atoms with Gasteiger partial charge in [0.2, 0.25) is 0 Å². The molecule has 1 fully saturated rings. The third kappa shape index (κ3) is 3.33. The molecular formula is C15H20F2N2O. The number of carbonyl (C=O) groups is 1. The van der Waals surface area contributed by atoms with Crippen LogP contribution in [0.4, 0.5) is 8.78 Å². The maximum Gasteiger partial charge on any atom is 0.256 e. The normalized spacial score (nSPS) is 16.8. The first-order valence-electron chi connectivity index (χ1n) is 6.87. The van der Waals surface area contributed by atoms with Crippen molar-refractivity contribution in [3.63, 3.8) is 0 Å². The summed E-state index contributed by atoms with van der Waals surface area (Å²) in [6, 6.07) is 3.73. The lowest BCUT2D eigenvalue weighted by atomic mass is 9.96. The molecule has 1 saturated heterocycles. The second kappa shape index (κ2) is 6.31. The highest BCUT2D eigenvalue weighted by molar-refractivity contribution is 5.94. The average molecular weight is 282 g/mol. The molecular weight excluding hydrogens is 262 g/mol. The smallest absolute Gasteiger partial charge is 0.256 e. The van der Waals surface area contributed by atoms with Crippen molar-refractivity contribution in [2.24, 2.45) is 5.92 Å². The van der Waals surface area contributed by atoms with Gasteiger partial charge in [-0.15, -0.1) is 0 Å². The van der Waals surface area contributed by atoms with Crippen LogP contribution >= 0.6 is 0 Å². The van der Waals surface area contributed by atoms with Gasteiger partial charge in [0.25, 0.3) is 5.91 Å². The minimum absolute atomic E-state index is 0.170. The zero-order valence-electron chi connectivity index (χ0n) is 11.9. The molecule has 1 heterocycles. The quantitative estimate of drug-likeness (QED) is 0.850. The number of rotatable bonds is 3. The molecule has 2 rings (SSSR count). The number of carbonyl (C=O) groups excluding carboxylic acids is 1. The van der Waals surface area contributed by atoms with Gasteiger partial charge in [-0.2, -0.15) is 0 Å². The molecule has 110 valence electrons. The zero-order valence-corrected chi connectivity index (χ0v) is 11.9. The summed E-state index contributed by atoms with van der Waals surface area (Å²) in [5.74, 6) is -1.87. The number of hydrogen-bond acceptors (Lipinski definition) is 2. The minimum Gasteiger partial charge on any atom is -0.339 e. The molecule has 0 aliphatic carbocycles. The Kier molecular flexibility index (Phi) is 4.70. The third-order valence-electron chi connectivity index (χ3n) is 3.71. The molecule has 0 radical (unpaired) electrons. The van der Waals surface area contributed by atoms with E-state index in [4.69, 9.17) is 0 Å². The van der Waals surface area contributed by atoms with Crippen LogP contribution in [0.25, 0.3) is 0 Å². The van der Waals surface area contributed by atoms with Gasteiger partial charge in [0.1, 0.15) is 0 Å². The van der Waals surface area contributed by atoms with E-state index in [1.807, 2.05) is 14.1 Å². The van der Waals surface area contributed by atoms with E-state index < -0.39 is 17.5 Å². The number of hydrogen-bond donors (Lipinski definition) is 0. The van der Waals surface area contributed by atoms with Crippen LogP contribution in [0, 0.1) is 17.6 Å². The highest BCUT2D eigenvalue weighted by Crippen LogP contribution is 2.21. The molecule has 0 spiro atoms. The lowest BCUT2D eigenvalue weighted by Crippen LogP contribution is -2.41. The molecule has 1 aromatic carbocycles. The van der Waals surface area contributed by atoms with Crippen molar-refractivity contribution in [3.8, 4) is 0 Å². The van der Waals surface area contributed by atoms with E-state index in [9.17, 15) is 13.6 Å². The first kappa shape index (κ1) is 14.9. The van der Waals surface area contributed by atoms with Gasteiger partial charge >= 0.3 is 0 Å². The Hall–Kier alpha value is -1.49. The van der Waals surface area contributed by atoms with Crippen molar-refractivity contribution in [2.45, 2.75) is 12.8 Å². The summed E-state index contributed by atoms with van der Waals surface area (Å²) in [5.41, 5.74) is -0.170. The number of piperidine rings is 1. The Labute approximate surface area is 118 Å². The van der Waals surface area contributed by atoms with Crippen LogP contribution in [0.15, 0.2) is 18.2 Å². The fourth-order valence-corrected chi connectivity index (χ4v) is 2.67. The number of halogens is 2. The van der Waals surface area contributed by atoms with Gasteiger partial charge in [0.05, 0.1) is 5.56 Å². The van der Waals surface area contributed by atoms with E-state index in [1.165, 1.54) is 12.1 Å². The lowest BCUT2D eigenvalue weighted by Gasteiger charge is -2.33. The number of benzene rings is 1. The van der Waals surface area contributed by atoms with Crippen LogP contribution in [-0.2, 0) is 0 Å². The number of likely N-dealkylation sites (tertiary alicyclic amines) is 1. The molecule has 0 atom stereocenters. The summed E-state index contributed by atoms with van der Waals surface area (Å²) in [6.07, 6.45) is 1.81. The van der Waals surface area contributed by atoms with Crippen molar-refractivity contribution < 1.29 is 13.6 Å². The van der Waals surface area contributed by atoms with Crippen LogP contribution < -0.4 is 0 Å². The Balaban J connectivity index is 2.00. The second-order valence-electron chi connectivity index (χ2n) is 5.60. The van der Waals surface area contributed by atoms with Gasteiger partial charge in [-0.3, -0.25) is 4.79 Å². The predicted molar refractivity (Wildman–Crippen MR) is 73.5 cm³/mol. The molecule has 5 heteroatoms. The molecule has 1 aromatic rings. The first-order chi connectivity index (χ1) is 9.49. The highest BCUT2D eigenvalue weighted by atomic mass is 19.2. The summed E-state index contributed by atoms with van der Waals surface area (Å²) in [7, 11) is 4.05. The van der Waals surface area contributed by atoms with Crippen LogP contribution in [0.3, 0.4) is 0 Å². The molecule has 1 aliphatic rings. The standard InChI is InChI=1S/C15H20F2N2O/c1-18(2)10-11-6-8-19(9-7-11)15(20)12-4-3-5-13(16)14(12)17/h3-5,11H,6-10H2,1-2H3. The fourth-order valence-electron chi connectivity index (χ4n) is 2.67.